The molecule has 0 bridgehead atoms. The van der Waals surface area contributed by atoms with Crippen molar-refractivity contribution in [3.8, 4) is 0 Å². The van der Waals surface area contributed by atoms with Crippen LogP contribution >= 0.6 is 23.4 Å². The third kappa shape index (κ3) is 3.74. The molecule has 0 saturated carbocycles. The van der Waals surface area contributed by atoms with Crippen molar-refractivity contribution in [1.29, 1.82) is 0 Å². The monoisotopic (exact) mass is 369 g/mol. The lowest BCUT2D eigenvalue weighted by Gasteiger charge is -2.30. The minimum atomic E-state index is -0.397. The second-order valence-electron chi connectivity index (χ2n) is 6.66. The van der Waals surface area contributed by atoms with Gasteiger partial charge in [-0.1, -0.05) is 37.6 Å². The maximum atomic E-state index is 13.0. The van der Waals surface area contributed by atoms with Gasteiger partial charge in [-0.25, -0.2) is 0 Å². The molecule has 2 fully saturated rings. The summed E-state index contributed by atoms with van der Waals surface area (Å²) >= 11 is 7.70. The minimum absolute atomic E-state index is 0.0530. The topological polar surface area (TPSA) is 42.1 Å². The average molecular weight is 370 g/mol. The number of ether oxygens (including phenoxy) is 2. The van der Waals surface area contributed by atoms with E-state index in [4.69, 9.17) is 21.1 Å². The fourth-order valence-electron chi connectivity index (χ4n) is 3.20. The number of carbonyl (C=O) groups is 1. The van der Waals surface area contributed by atoms with E-state index in [1.807, 2.05) is 29.2 Å². The van der Waals surface area contributed by atoms with Gasteiger partial charge in [0, 0.05) is 11.4 Å². The van der Waals surface area contributed by atoms with Crippen molar-refractivity contribution in [2.24, 2.45) is 5.92 Å². The standard InChI is InChI=1S/C18H24ClNO3S/c1-11(2)14-10-22-15(8-9-24-3)20(14)18(21)17-16(23-17)12-4-6-13(19)7-5-12/h4-7,11,14-17H,8-10H2,1-3H3/t14-,15+,16+,17-/m1/s1. The molecule has 0 spiro atoms. The zero-order valence-electron chi connectivity index (χ0n) is 14.3. The second kappa shape index (κ2) is 7.65. The molecule has 2 heterocycles. The fourth-order valence-corrected chi connectivity index (χ4v) is 3.76. The van der Waals surface area contributed by atoms with Crippen LogP contribution in [-0.2, 0) is 14.3 Å². The quantitative estimate of drug-likeness (QED) is 0.716. The predicted molar refractivity (Wildman–Crippen MR) is 97.3 cm³/mol. The molecule has 4 nitrogen and oxygen atoms in total. The van der Waals surface area contributed by atoms with E-state index in [1.54, 1.807) is 11.8 Å². The van der Waals surface area contributed by atoms with E-state index in [-0.39, 0.29) is 24.3 Å². The zero-order valence-corrected chi connectivity index (χ0v) is 15.8. The van der Waals surface area contributed by atoms with Gasteiger partial charge >= 0.3 is 0 Å². The summed E-state index contributed by atoms with van der Waals surface area (Å²) in [4.78, 5) is 15.0. The summed E-state index contributed by atoms with van der Waals surface area (Å²) in [5.74, 6) is 1.39. The van der Waals surface area contributed by atoms with Gasteiger partial charge in [0.1, 0.15) is 12.3 Å². The third-order valence-electron chi connectivity index (χ3n) is 4.65. The molecule has 1 amide bonds. The maximum Gasteiger partial charge on any atom is 0.257 e. The van der Waals surface area contributed by atoms with Crippen molar-refractivity contribution in [3.05, 3.63) is 34.9 Å². The van der Waals surface area contributed by atoms with Crippen molar-refractivity contribution >= 4 is 29.3 Å². The molecule has 6 heteroatoms. The molecule has 0 radical (unpaired) electrons. The maximum absolute atomic E-state index is 13.0. The van der Waals surface area contributed by atoms with Crippen LogP contribution in [-0.4, -0.2) is 47.8 Å². The molecule has 2 aliphatic heterocycles. The Hall–Kier alpha value is -0.750. The van der Waals surface area contributed by atoms with Gasteiger partial charge in [0.25, 0.3) is 5.91 Å². The summed E-state index contributed by atoms with van der Waals surface area (Å²) in [6.07, 6.45) is 2.23. The normalized spacial score (nSPS) is 29.3. The summed E-state index contributed by atoms with van der Waals surface area (Å²) in [5.41, 5.74) is 1.000. The van der Waals surface area contributed by atoms with Gasteiger partial charge in [-0.2, -0.15) is 11.8 Å². The largest absolute Gasteiger partial charge is 0.356 e. The minimum Gasteiger partial charge on any atom is -0.356 e. The van der Waals surface area contributed by atoms with Crippen LogP contribution in [0.4, 0.5) is 0 Å². The fraction of sp³-hybridized carbons (Fsp3) is 0.611. The lowest BCUT2D eigenvalue weighted by molar-refractivity contribution is -0.139. The highest BCUT2D eigenvalue weighted by molar-refractivity contribution is 7.98. The summed E-state index contributed by atoms with van der Waals surface area (Å²) in [7, 11) is 0. The molecule has 132 valence electrons. The van der Waals surface area contributed by atoms with E-state index in [0.717, 1.165) is 17.7 Å². The van der Waals surface area contributed by atoms with Crippen LogP contribution in [0.25, 0.3) is 0 Å². The number of halogens is 1. The van der Waals surface area contributed by atoms with E-state index in [9.17, 15) is 4.79 Å². The highest BCUT2D eigenvalue weighted by Gasteiger charge is 2.52. The van der Waals surface area contributed by atoms with Crippen molar-refractivity contribution in [2.45, 2.75) is 44.7 Å². The molecule has 2 aliphatic rings. The number of carbonyl (C=O) groups excluding carboxylic acids is 1. The SMILES string of the molecule is CSCC[C@@H]1OC[C@H](C(C)C)N1C(=O)[C@@H]1O[C@H]1c1ccc(Cl)cc1. The number of hydrogen-bond acceptors (Lipinski definition) is 4. The van der Waals surface area contributed by atoms with Gasteiger partial charge in [-0.3, -0.25) is 4.79 Å². The third-order valence-corrected chi connectivity index (χ3v) is 5.55. The second-order valence-corrected chi connectivity index (χ2v) is 8.08. The number of amides is 1. The molecule has 0 aromatic heterocycles. The first-order valence-corrected chi connectivity index (χ1v) is 10.1. The molecular weight excluding hydrogens is 346 g/mol. The van der Waals surface area contributed by atoms with Gasteiger partial charge in [0.2, 0.25) is 0 Å². The Kier molecular flexibility index (Phi) is 5.75. The smallest absolute Gasteiger partial charge is 0.257 e. The first kappa shape index (κ1) is 18.1. The molecule has 24 heavy (non-hydrogen) atoms. The Morgan fingerprint density at radius 2 is 2.08 bits per heavy atom. The Morgan fingerprint density at radius 1 is 1.38 bits per heavy atom. The zero-order chi connectivity index (χ0) is 17.3. The summed E-state index contributed by atoms with van der Waals surface area (Å²) < 4.78 is 11.6. The van der Waals surface area contributed by atoms with E-state index in [2.05, 4.69) is 20.1 Å². The number of rotatable bonds is 6. The lowest BCUT2D eigenvalue weighted by Crippen LogP contribution is -2.46. The van der Waals surface area contributed by atoms with Gasteiger partial charge in [0.15, 0.2) is 6.10 Å². The van der Waals surface area contributed by atoms with E-state index >= 15 is 0 Å². The van der Waals surface area contributed by atoms with E-state index < -0.39 is 6.10 Å². The van der Waals surface area contributed by atoms with Crippen LogP contribution in [0.1, 0.15) is 31.9 Å². The van der Waals surface area contributed by atoms with Gasteiger partial charge in [0.05, 0.1) is 12.6 Å². The highest BCUT2D eigenvalue weighted by Crippen LogP contribution is 2.42. The Morgan fingerprint density at radius 3 is 2.71 bits per heavy atom. The van der Waals surface area contributed by atoms with Crippen LogP contribution in [0.3, 0.4) is 0 Å². The Labute approximate surface area is 152 Å². The molecule has 4 atom stereocenters. The van der Waals surface area contributed by atoms with Gasteiger partial charge in [-0.05, 0) is 35.6 Å². The van der Waals surface area contributed by atoms with Crippen LogP contribution in [0.15, 0.2) is 24.3 Å². The van der Waals surface area contributed by atoms with Crippen LogP contribution in [0, 0.1) is 5.92 Å². The van der Waals surface area contributed by atoms with Gasteiger partial charge < -0.3 is 14.4 Å². The molecule has 0 N–H and O–H groups in total. The van der Waals surface area contributed by atoms with E-state index in [0.29, 0.717) is 17.5 Å². The summed E-state index contributed by atoms with van der Waals surface area (Å²) in [6, 6.07) is 7.63. The number of thioether (sulfide) groups is 1. The molecule has 1 aromatic rings. The summed E-state index contributed by atoms with van der Waals surface area (Å²) in [6.45, 7) is 4.88. The molecule has 0 aliphatic carbocycles. The van der Waals surface area contributed by atoms with Crippen LogP contribution in [0.2, 0.25) is 5.02 Å². The van der Waals surface area contributed by atoms with Crippen molar-refractivity contribution in [3.63, 3.8) is 0 Å². The Bertz CT molecular complexity index is 580. The lowest BCUT2D eigenvalue weighted by atomic mass is 10.0. The Balaban J connectivity index is 1.70. The van der Waals surface area contributed by atoms with Gasteiger partial charge in [-0.15, -0.1) is 0 Å². The van der Waals surface area contributed by atoms with Crippen LogP contribution < -0.4 is 0 Å². The number of epoxide rings is 1. The average Bonchev–Trinajstić information content (AvgIpc) is 3.24. The molecule has 0 unspecified atom stereocenters. The van der Waals surface area contributed by atoms with E-state index in [1.165, 1.54) is 0 Å². The van der Waals surface area contributed by atoms with Crippen molar-refractivity contribution in [1.82, 2.24) is 4.90 Å². The summed E-state index contributed by atoms with van der Waals surface area (Å²) in [5, 5.41) is 0.687. The number of nitrogens with zero attached hydrogens (tertiary/aromatic N) is 1. The predicted octanol–water partition coefficient (Wildman–Crippen LogP) is 3.74. The van der Waals surface area contributed by atoms with Crippen molar-refractivity contribution < 1.29 is 14.3 Å². The molecule has 1 aromatic carbocycles. The highest BCUT2D eigenvalue weighted by atomic mass is 35.5. The first-order valence-electron chi connectivity index (χ1n) is 8.36. The molecule has 2 saturated heterocycles. The van der Waals surface area contributed by atoms with Crippen molar-refractivity contribution in [2.75, 3.05) is 18.6 Å². The number of benzene rings is 1. The van der Waals surface area contributed by atoms with Crippen LogP contribution in [0.5, 0.6) is 0 Å². The molecule has 3 rings (SSSR count). The number of hydrogen-bond donors (Lipinski definition) is 0. The first-order chi connectivity index (χ1) is 11.5. The molecular formula is C18H24ClNO3S.